The van der Waals surface area contributed by atoms with Gasteiger partial charge in [-0.1, -0.05) is 0 Å². The minimum absolute atomic E-state index is 0.0244. The van der Waals surface area contributed by atoms with Gasteiger partial charge >= 0.3 is 5.97 Å². The summed E-state index contributed by atoms with van der Waals surface area (Å²) in [6.07, 6.45) is -2.15. The quantitative estimate of drug-likeness (QED) is 0.816. The lowest BCUT2D eigenvalue weighted by Gasteiger charge is -2.15. The molecule has 1 aromatic carbocycles. The molecule has 8 heteroatoms. The van der Waals surface area contributed by atoms with Crippen molar-refractivity contribution in [3.8, 4) is 5.75 Å². The average Bonchev–Trinajstić information content (AvgIpc) is 2.51. The maximum absolute atomic E-state index is 13.4. The number of benzene rings is 1. The highest BCUT2D eigenvalue weighted by atomic mass is 32.2. The molecule has 1 aliphatic heterocycles. The molecule has 0 amide bonds. The number of aliphatic hydroxyl groups is 1. The lowest BCUT2D eigenvalue weighted by Crippen LogP contribution is -2.29. The standard InChI is InChI=1S/C11H11FO6S/c12-8-3-6(1-2-7(8)11(14)15)18-10-5-19(16,17)4-9(10)13/h1-3,9-10,13H,4-5H2,(H,14,15). The Balaban J connectivity index is 2.17. The summed E-state index contributed by atoms with van der Waals surface area (Å²) >= 11 is 0. The van der Waals surface area contributed by atoms with E-state index >= 15 is 0 Å². The van der Waals surface area contributed by atoms with Crippen LogP contribution in [-0.4, -0.2) is 48.3 Å². The summed E-state index contributed by atoms with van der Waals surface area (Å²) in [4.78, 5) is 10.6. The van der Waals surface area contributed by atoms with Crippen LogP contribution in [0.25, 0.3) is 0 Å². The smallest absolute Gasteiger partial charge is 0.338 e. The maximum Gasteiger partial charge on any atom is 0.338 e. The lowest BCUT2D eigenvalue weighted by atomic mass is 10.2. The number of carbonyl (C=O) groups is 1. The fourth-order valence-corrected chi connectivity index (χ4v) is 3.49. The molecule has 1 saturated heterocycles. The molecular formula is C11H11FO6S. The van der Waals surface area contributed by atoms with Gasteiger partial charge in [0.2, 0.25) is 0 Å². The van der Waals surface area contributed by atoms with E-state index < -0.39 is 45.1 Å². The Morgan fingerprint density at radius 3 is 2.53 bits per heavy atom. The Bertz CT molecular complexity index is 612. The zero-order valence-electron chi connectivity index (χ0n) is 9.61. The second kappa shape index (κ2) is 4.78. The van der Waals surface area contributed by atoms with Crippen LogP contribution >= 0.6 is 0 Å². The van der Waals surface area contributed by atoms with Crippen molar-refractivity contribution in [1.82, 2.24) is 0 Å². The van der Waals surface area contributed by atoms with Crippen LogP contribution in [0.15, 0.2) is 18.2 Å². The van der Waals surface area contributed by atoms with Gasteiger partial charge in [-0.3, -0.25) is 0 Å². The van der Waals surface area contributed by atoms with Gasteiger partial charge in [0.05, 0.1) is 17.1 Å². The van der Waals surface area contributed by atoms with Crippen LogP contribution in [0.2, 0.25) is 0 Å². The Kier molecular flexibility index (Phi) is 3.46. The first kappa shape index (κ1) is 13.8. The number of carboxylic acid groups (broad SMARTS) is 1. The molecule has 0 bridgehead atoms. The van der Waals surface area contributed by atoms with Gasteiger partial charge in [0.15, 0.2) is 9.84 Å². The third-order valence-corrected chi connectivity index (χ3v) is 4.42. The van der Waals surface area contributed by atoms with E-state index in [-0.39, 0.29) is 11.5 Å². The summed E-state index contributed by atoms with van der Waals surface area (Å²) in [5, 5.41) is 18.2. The van der Waals surface area contributed by atoms with Crippen molar-refractivity contribution in [3.05, 3.63) is 29.6 Å². The molecule has 19 heavy (non-hydrogen) atoms. The van der Waals surface area contributed by atoms with E-state index in [1.165, 1.54) is 6.07 Å². The number of aliphatic hydroxyl groups excluding tert-OH is 1. The molecule has 0 aliphatic carbocycles. The molecule has 1 aliphatic rings. The first-order valence-electron chi connectivity index (χ1n) is 5.36. The SMILES string of the molecule is O=C(O)c1ccc(OC2CS(=O)(=O)CC2O)cc1F. The molecule has 1 fully saturated rings. The van der Waals surface area contributed by atoms with Gasteiger partial charge in [0.1, 0.15) is 23.8 Å². The number of carboxylic acids is 1. The molecule has 0 radical (unpaired) electrons. The van der Waals surface area contributed by atoms with Crippen molar-refractivity contribution in [2.75, 3.05) is 11.5 Å². The van der Waals surface area contributed by atoms with Crippen LogP contribution in [0.1, 0.15) is 10.4 Å². The second-order valence-corrected chi connectivity index (χ2v) is 6.40. The predicted octanol–water partition coefficient (Wildman–Crippen LogP) is 0.0606. The minimum Gasteiger partial charge on any atom is -0.487 e. The summed E-state index contributed by atoms with van der Waals surface area (Å²) in [5.41, 5.74) is -0.507. The molecule has 1 aromatic rings. The van der Waals surface area contributed by atoms with Crippen LogP contribution in [0.5, 0.6) is 5.75 Å². The number of sulfone groups is 1. The van der Waals surface area contributed by atoms with Crippen molar-refractivity contribution in [2.24, 2.45) is 0 Å². The summed E-state index contributed by atoms with van der Waals surface area (Å²) < 4.78 is 41.1. The Labute approximate surface area is 108 Å². The monoisotopic (exact) mass is 290 g/mol. The molecule has 2 N–H and O–H groups in total. The summed E-state index contributed by atoms with van der Waals surface area (Å²) in [6.45, 7) is 0. The molecule has 2 atom stereocenters. The van der Waals surface area contributed by atoms with E-state index in [9.17, 15) is 22.7 Å². The van der Waals surface area contributed by atoms with Crippen LogP contribution in [0.3, 0.4) is 0 Å². The number of hydrogen-bond donors (Lipinski definition) is 2. The molecule has 0 aromatic heterocycles. The topological polar surface area (TPSA) is 101 Å². The van der Waals surface area contributed by atoms with E-state index in [4.69, 9.17) is 9.84 Å². The maximum atomic E-state index is 13.4. The molecule has 2 rings (SSSR count). The highest BCUT2D eigenvalue weighted by Gasteiger charge is 2.38. The van der Waals surface area contributed by atoms with Gasteiger partial charge in [-0.05, 0) is 12.1 Å². The number of halogens is 1. The van der Waals surface area contributed by atoms with E-state index in [0.717, 1.165) is 12.1 Å². The zero-order valence-corrected chi connectivity index (χ0v) is 10.4. The molecule has 6 nitrogen and oxygen atoms in total. The summed E-state index contributed by atoms with van der Waals surface area (Å²) in [7, 11) is -3.36. The summed E-state index contributed by atoms with van der Waals surface area (Å²) in [6, 6.07) is 3.08. The summed E-state index contributed by atoms with van der Waals surface area (Å²) in [5.74, 6) is -3.17. The van der Waals surface area contributed by atoms with E-state index in [0.29, 0.717) is 0 Å². The lowest BCUT2D eigenvalue weighted by molar-refractivity contribution is 0.0687. The molecule has 1 heterocycles. The molecule has 104 valence electrons. The fraction of sp³-hybridized carbons (Fsp3) is 0.364. The van der Waals surface area contributed by atoms with Crippen LogP contribution in [-0.2, 0) is 9.84 Å². The normalized spacial score (nSPS) is 25.2. The Hall–Kier alpha value is -1.67. The highest BCUT2D eigenvalue weighted by Crippen LogP contribution is 2.22. The highest BCUT2D eigenvalue weighted by molar-refractivity contribution is 7.91. The van der Waals surface area contributed by atoms with Crippen molar-refractivity contribution in [3.63, 3.8) is 0 Å². The van der Waals surface area contributed by atoms with Crippen LogP contribution in [0, 0.1) is 5.82 Å². The Morgan fingerprint density at radius 2 is 2.05 bits per heavy atom. The third kappa shape index (κ3) is 3.02. The number of ether oxygens (including phenoxy) is 1. The average molecular weight is 290 g/mol. The van der Waals surface area contributed by atoms with Crippen molar-refractivity contribution in [2.45, 2.75) is 12.2 Å². The number of hydrogen-bond acceptors (Lipinski definition) is 5. The van der Waals surface area contributed by atoms with Gasteiger partial charge in [-0.25, -0.2) is 17.6 Å². The predicted molar refractivity (Wildman–Crippen MR) is 62.4 cm³/mol. The molecule has 0 spiro atoms. The molecular weight excluding hydrogens is 279 g/mol. The Morgan fingerprint density at radius 1 is 1.37 bits per heavy atom. The van der Waals surface area contributed by atoms with E-state index in [2.05, 4.69) is 0 Å². The first-order chi connectivity index (χ1) is 8.78. The van der Waals surface area contributed by atoms with Crippen molar-refractivity contribution < 1.29 is 32.6 Å². The second-order valence-electron chi connectivity index (χ2n) is 4.25. The van der Waals surface area contributed by atoms with Gasteiger partial charge in [0, 0.05) is 6.07 Å². The molecule has 0 saturated carbocycles. The van der Waals surface area contributed by atoms with Crippen LogP contribution in [0.4, 0.5) is 4.39 Å². The van der Waals surface area contributed by atoms with E-state index in [1.54, 1.807) is 0 Å². The third-order valence-electron chi connectivity index (χ3n) is 2.73. The van der Waals surface area contributed by atoms with E-state index in [1.807, 2.05) is 0 Å². The zero-order chi connectivity index (χ0) is 14.2. The van der Waals surface area contributed by atoms with Crippen molar-refractivity contribution in [1.29, 1.82) is 0 Å². The fourth-order valence-electron chi connectivity index (χ4n) is 1.83. The molecule has 2 unspecified atom stereocenters. The largest absolute Gasteiger partial charge is 0.487 e. The minimum atomic E-state index is -3.36. The van der Waals surface area contributed by atoms with Gasteiger partial charge in [-0.2, -0.15) is 0 Å². The van der Waals surface area contributed by atoms with Crippen LogP contribution < -0.4 is 4.74 Å². The van der Waals surface area contributed by atoms with Gasteiger partial charge in [0.25, 0.3) is 0 Å². The van der Waals surface area contributed by atoms with Gasteiger partial charge < -0.3 is 14.9 Å². The number of aromatic carboxylic acids is 1. The first-order valence-corrected chi connectivity index (χ1v) is 7.18. The van der Waals surface area contributed by atoms with Gasteiger partial charge in [-0.15, -0.1) is 0 Å². The number of rotatable bonds is 3. The van der Waals surface area contributed by atoms with Crippen molar-refractivity contribution >= 4 is 15.8 Å².